The van der Waals surface area contributed by atoms with Crippen molar-refractivity contribution in [3.8, 4) is 0 Å². The average Bonchev–Trinajstić information content (AvgIpc) is 2.84. The van der Waals surface area contributed by atoms with Crippen LogP contribution >= 0.6 is 0 Å². The Bertz CT molecular complexity index is 824. The van der Waals surface area contributed by atoms with E-state index >= 15 is 0 Å². The molecule has 9 heteroatoms. The monoisotopic (exact) mass is 374 g/mol. The fraction of sp³-hybridized carbons (Fsp3) is 0.500. The second kappa shape index (κ2) is 6.98. The number of nitro benzene ring substituents is 1. The maximum absolute atomic E-state index is 12.9. The molecule has 1 saturated heterocycles. The number of imide groups is 1. The van der Waals surface area contributed by atoms with Crippen molar-refractivity contribution in [3.63, 3.8) is 0 Å². The lowest BCUT2D eigenvalue weighted by Crippen LogP contribution is -2.54. The standard InChI is InChI=1S/C18H22N4O5/c1-11-6-7-13(14(9-11)22(26)27)19-15(23)10-21-16(24)18(20-17(21)25)8-4-3-5-12(18)2/h6-7,9,12H,3-5,8,10H2,1-2H3,(H,19,23)(H,20,25)/t12-,18+/m0/s1. The molecule has 1 spiro atoms. The minimum absolute atomic E-state index is 0.00560. The molecule has 0 bridgehead atoms. The molecule has 1 aliphatic carbocycles. The van der Waals surface area contributed by atoms with Crippen LogP contribution in [0.15, 0.2) is 18.2 Å². The summed E-state index contributed by atoms with van der Waals surface area (Å²) in [6.07, 6.45) is 3.23. The number of carbonyl (C=O) groups excluding carboxylic acids is 3. The zero-order valence-electron chi connectivity index (χ0n) is 15.3. The number of benzene rings is 1. The van der Waals surface area contributed by atoms with Crippen LogP contribution in [0.3, 0.4) is 0 Å². The zero-order valence-corrected chi connectivity index (χ0v) is 15.3. The SMILES string of the molecule is Cc1ccc(NC(=O)CN2C(=O)N[C@@]3(CCCC[C@@H]3C)C2=O)c([N+](=O)[O-])c1. The summed E-state index contributed by atoms with van der Waals surface area (Å²) in [5.41, 5.74) is -0.464. The van der Waals surface area contributed by atoms with E-state index in [0.29, 0.717) is 12.0 Å². The van der Waals surface area contributed by atoms with Gasteiger partial charge in [0, 0.05) is 6.07 Å². The molecule has 1 aromatic rings. The predicted molar refractivity (Wildman–Crippen MR) is 97.1 cm³/mol. The molecular weight excluding hydrogens is 352 g/mol. The van der Waals surface area contributed by atoms with Gasteiger partial charge in [-0.3, -0.25) is 24.6 Å². The quantitative estimate of drug-likeness (QED) is 0.476. The maximum atomic E-state index is 12.9. The van der Waals surface area contributed by atoms with Gasteiger partial charge in [0.05, 0.1) is 4.92 Å². The van der Waals surface area contributed by atoms with Crippen molar-refractivity contribution >= 4 is 29.2 Å². The van der Waals surface area contributed by atoms with Crippen molar-refractivity contribution in [2.24, 2.45) is 5.92 Å². The van der Waals surface area contributed by atoms with E-state index in [0.717, 1.165) is 24.2 Å². The Hall–Kier alpha value is -2.97. The van der Waals surface area contributed by atoms with Gasteiger partial charge < -0.3 is 10.6 Å². The number of hydrogen-bond donors (Lipinski definition) is 2. The molecule has 1 saturated carbocycles. The normalized spacial score (nSPS) is 24.8. The van der Waals surface area contributed by atoms with Crippen LogP contribution in [0.4, 0.5) is 16.2 Å². The number of carbonyl (C=O) groups is 3. The lowest BCUT2D eigenvalue weighted by Gasteiger charge is -2.36. The summed E-state index contributed by atoms with van der Waals surface area (Å²) < 4.78 is 0. The van der Waals surface area contributed by atoms with Crippen LogP contribution in [0.1, 0.15) is 38.2 Å². The molecule has 0 aromatic heterocycles. The Kier molecular flexibility index (Phi) is 4.86. The molecule has 2 atom stereocenters. The molecule has 1 aliphatic heterocycles. The van der Waals surface area contributed by atoms with E-state index in [4.69, 9.17) is 0 Å². The van der Waals surface area contributed by atoms with Gasteiger partial charge in [-0.1, -0.05) is 25.8 Å². The van der Waals surface area contributed by atoms with Gasteiger partial charge in [0.2, 0.25) is 5.91 Å². The molecule has 2 N–H and O–H groups in total. The van der Waals surface area contributed by atoms with Gasteiger partial charge in [-0.2, -0.15) is 0 Å². The van der Waals surface area contributed by atoms with E-state index in [1.54, 1.807) is 13.0 Å². The number of nitrogens with one attached hydrogen (secondary N) is 2. The van der Waals surface area contributed by atoms with Gasteiger partial charge in [0.15, 0.2) is 0 Å². The van der Waals surface area contributed by atoms with Crippen LogP contribution < -0.4 is 10.6 Å². The van der Waals surface area contributed by atoms with Crippen molar-refractivity contribution in [2.45, 2.75) is 45.1 Å². The highest BCUT2D eigenvalue weighted by atomic mass is 16.6. The first kappa shape index (κ1) is 18.8. The second-order valence-corrected chi connectivity index (χ2v) is 7.27. The van der Waals surface area contributed by atoms with Crippen molar-refractivity contribution in [1.82, 2.24) is 10.2 Å². The van der Waals surface area contributed by atoms with E-state index in [9.17, 15) is 24.5 Å². The highest BCUT2D eigenvalue weighted by Gasteiger charge is 2.55. The number of nitro groups is 1. The van der Waals surface area contributed by atoms with Crippen molar-refractivity contribution in [2.75, 3.05) is 11.9 Å². The third-order valence-corrected chi connectivity index (χ3v) is 5.43. The summed E-state index contributed by atoms with van der Waals surface area (Å²) in [5, 5.41) is 16.4. The van der Waals surface area contributed by atoms with Crippen LogP contribution in [-0.2, 0) is 9.59 Å². The zero-order chi connectivity index (χ0) is 19.8. The Labute approximate surface area is 156 Å². The number of amides is 4. The highest BCUT2D eigenvalue weighted by Crippen LogP contribution is 2.38. The molecule has 4 amide bonds. The van der Waals surface area contributed by atoms with Crippen LogP contribution in [0.5, 0.6) is 0 Å². The molecule has 2 aliphatic rings. The molecule has 3 rings (SSSR count). The molecule has 27 heavy (non-hydrogen) atoms. The topological polar surface area (TPSA) is 122 Å². The second-order valence-electron chi connectivity index (χ2n) is 7.27. The first-order chi connectivity index (χ1) is 12.7. The molecule has 0 radical (unpaired) electrons. The maximum Gasteiger partial charge on any atom is 0.325 e. The molecule has 0 unspecified atom stereocenters. The number of rotatable bonds is 4. The molecule has 1 aromatic carbocycles. The largest absolute Gasteiger partial charge is 0.325 e. The first-order valence-corrected chi connectivity index (χ1v) is 8.93. The molecule has 2 fully saturated rings. The van der Waals surface area contributed by atoms with Gasteiger partial charge in [0.1, 0.15) is 17.8 Å². The van der Waals surface area contributed by atoms with E-state index in [2.05, 4.69) is 10.6 Å². The Balaban J connectivity index is 1.74. The average molecular weight is 374 g/mol. The fourth-order valence-electron chi connectivity index (χ4n) is 3.87. The lowest BCUT2D eigenvalue weighted by molar-refractivity contribution is -0.384. The summed E-state index contributed by atoms with van der Waals surface area (Å²) in [4.78, 5) is 49.0. The fourth-order valence-corrected chi connectivity index (χ4v) is 3.87. The van der Waals surface area contributed by atoms with E-state index in [-0.39, 0.29) is 17.3 Å². The van der Waals surface area contributed by atoms with Crippen LogP contribution in [0, 0.1) is 23.0 Å². The summed E-state index contributed by atoms with van der Waals surface area (Å²) >= 11 is 0. The van der Waals surface area contributed by atoms with Gasteiger partial charge in [-0.05, 0) is 37.3 Å². The predicted octanol–water partition coefficient (Wildman–Crippen LogP) is 2.34. The molecular formula is C18H22N4O5. The van der Waals surface area contributed by atoms with E-state index in [1.807, 2.05) is 6.92 Å². The van der Waals surface area contributed by atoms with Crippen LogP contribution in [0.2, 0.25) is 0 Å². The number of hydrogen-bond acceptors (Lipinski definition) is 5. The van der Waals surface area contributed by atoms with Crippen molar-refractivity contribution in [1.29, 1.82) is 0 Å². The van der Waals surface area contributed by atoms with Gasteiger partial charge in [-0.15, -0.1) is 0 Å². The summed E-state index contributed by atoms with van der Waals surface area (Å²) in [6.45, 7) is 3.15. The number of aryl methyl sites for hydroxylation is 1. The van der Waals surface area contributed by atoms with Gasteiger partial charge in [0.25, 0.3) is 11.6 Å². The van der Waals surface area contributed by atoms with Crippen molar-refractivity contribution < 1.29 is 19.3 Å². The smallest absolute Gasteiger partial charge is 0.323 e. The third kappa shape index (κ3) is 3.36. The van der Waals surface area contributed by atoms with Crippen LogP contribution in [-0.4, -0.2) is 39.8 Å². The van der Waals surface area contributed by atoms with Crippen molar-refractivity contribution in [3.05, 3.63) is 33.9 Å². The minimum atomic E-state index is -0.939. The Morgan fingerprint density at radius 2 is 2.15 bits per heavy atom. The number of nitrogens with zero attached hydrogens (tertiary/aromatic N) is 2. The molecule has 1 heterocycles. The summed E-state index contributed by atoms with van der Waals surface area (Å²) in [7, 11) is 0. The third-order valence-electron chi connectivity index (χ3n) is 5.43. The Morgan fingerprint density at radius 3 is 2.81 bits per heavy atom. The van der Waals surface area contributed by atoms with Crippen LogP contribution in [0.25, 0.3) is 0 Å². The van der Waals surface area contributed by atoms with E-state index in [1.165, 1.54) is 12.1 Å². The summed E-state index contributed by atoms with van der Waals surface area (Å²) in [5.74, 6) is -1.06. The minimum Gasteiger partial charge on any atom is -0.323 e. The summed E-state index contributed by atoms with van der Waals surface area (Å²) in [6, 6.07) is 3.82. The number of anilines is 1. The highest BCUT2D eigenvalue weighted by molar-refractivity contribution is 6.10. The molecule has 144 valence electrons. The van der Waals surface area contributed by atoms with Gasteiger partial charge in [-0.25, -0.2) is 4.79 Å². The van der Waals surface area contributed by atoms with Gasteiger partial charge >= 0.3 is 6.03 Å². The molecule has 9 nitrogen and oxygen atoms in total. The Morgan fingerprint density at radius 1 is 1.41 bits per heavy atom. The number of urea groups is 1. The first-order valence-electron chi connectivity index (χ1n) is 8.93. The van der Waals surface area contributed by atoms with E-state index < -0.39 is 34.9 Å². The lowest BCUT2D eigenvalue weighted by atomic mass is 9.73.